The normalized spacial score (nSPS) is 11.9. The molecule has 0 aromatic carbocycles. The molecular weight excluding hydrogens is 265 g/mol. The van der Waals surface area contributed by atoms with Crippen molar-refractivity contribution in [2.75, 3.05) is 0 Å². The molecule has 0 aliphatic heterocycles. The van der Waals surface area contributed by atoms with Gasteiger partial charge in [-0.05, 0) is 39.5 Å². The number of hydrogen-bond acceptors (Lipinski definition) is 3. The van der Waals surface area contributed by atoms with Crippen LogP contribution in [0.25, 0.3) is 0 Å². The van der Waals surface area contributed by atoms with Crippen LogP contribution in [0.4, 0.5) is 0 Å². The van der Waals surface area contributed by atoms with E-state index in [-0.39, 0.29) is 31.7 Å². The first-order chi connectivity index (χ1) is 4.83. The van der Waals surface area contributed by atoms with Gasteiger partial charge in [-0.3, -0.25) is 0 Å². The maximum absolute atomic E-state index is 5.32. The van der Waals surface area contributed by atoms with Gasteiger partial charge in [0.2, 0.25) is 5.69 Å². The molecule has 0 rings (SSSR count). The molecule has 0 saturated heterocycles. The fourth-order valence-electron chi connectivity index (χ4n) is 0.558. The second-order valence-corrected chi connectivity index (χ2v) is 7.97. The molecule has 0 bridgehead atoms. The summed E-state index contributed by atoms with van der Waals surface area (Å²) < 4.78 is 10.6. The van der Waals surface area contributed by atoms with Crippen LogP contribution in [0, 0.1) is 0 Å². The molecule has 12 heavy (non-hydrogen) atoms. The van der Waals surface area contributed by atoms with Gasteiger partial charge in [-0.15, -0.1) is 0 Å². The maximum atomic E-state index is 5.32. The summed E-state index contributed by atoms with van der Waals surface area (Å²) in [5.74, 6) is 0. The summed E-state index contributed by atoms with van der Waals surface area (Å²) in [5, 5.41) is 0. The Morgan fingerprint density at radius 2 is 1.33 bits per heavy atom. The van der Waals surface area contributed by atoms with Crippen LogP contribution in [0.2, 0.25) is 0 Å². The zero-order chi connectivity index (χ0) is 9.07. The van der Waals surface area contributed by atoms with Gasteiger partial charge >= 0.3 is 0 Å². The van der Waals surface area contributed by atoms with Crippen LogP contribution in [0.1, 0.15) is 27.7 Å². The van der Waals surface area contributed by atoms with Crippen molar-refractivity contribution in [2.45, 2.75) is 39.9 Å². The fourth-order valence-corrected chi connectivity index (χ4v) is 3.84. The molecule has 0 amide bonds. The quantitative estimate of drug-likeness (QED) is 0.485. The van der Waals surface area contributed by atoms with Gasteiger partial charge in [-0.1, -0.05) is 12.2 Å². The van der Waals surface area contributed by atoms with Crippen molar-refractivity contribution >= 4 is 29.7 Å². The van der Waals surface area contributed by atoms with Gasteiger partial charge in [0.25, 0.3) is 0 Å². The van der Waals surface area contributed by atoms with Crippen LogP contribution >= 0.6 is 17.9 Å². The fraction of sp³-hybridized carbons (Fsp3) is 1.00. The smallest absolute Gasteiger partial charge is 0.244 e. The number of hydrogen-bond donors (Lipinski definition) is 1. The van der Waals surface area contributed by atoms with Crippen LogP contribution in [-0.2, 0) is 40.3 Å². The van der Waals surface area contributed by atoms with Gasteiger partial charge in [0, 0.05) is 19.5 Å². The van der Waals surface area contributed by atoms with Crippen molar-refractivity contribution in [1.82, 2.24) is 0 Å². The molecule has 2 nitrogen and oxygen atoms in total. The van der Waals surface area contributed by atoms with E-state index in [9.17, 15) is 0 Å². The van der Waals surface area contributed by atoms with Gasteiger partial charge in [-0.2, -0.15) is 0 Å². The summed E-state index contributed by atoms with van der Waals surface area (Å²) in [6.07, 6.45) is 0.161. The zero-order valence-corrected chi connectivity index (χ0v) is 13.6. The van der Waals surface area contributed by atoms with Crippen LogP contribution in [0.3, 0.4) is 0 Å². The minimum Gasteiger partial charge on any atom is -0.319 e. The molecule has 6 heteroatoms. The van der Waals surface area contributed by atoms with Gasteiger partial charge < -0.3 is 9.05 Å². The van der Waals surface area contributed by atoms with E-state index in [1.165, 1.54) is 0 Å². The van der Waals surface area contributed by atoms with E-state index in [1.54, 1.807) is 0 Å². The number of thiol groups is 1. The van der Waals surface area contributed by atoms with E-state index in [0.29, 0.717) is 0 Å². The Kier molecular flexibility index (Phi) is 9.22. The van der Waals surface area contributed by atoms with E-state index < -0.39 is 5.69 Å². The Bertz CT molecular complexity index is 150. The molecule has 0 aliphatic carbocycles. The average molecular weight is 280 g/mol. The largest absolute Gasteiger partial charge is 0.319 e. The van der Waals surface area contributed by atoms with Gasteiger partial charge in [0.05, 0.1) is 12.2 Å². The number of rotatable bonds is 4. The second-order valence-electron chi connectivity index (χ2n) is 2.78. The van der Waals surface area contributed by atoms with Crippen molar-refractivity contribution in [2.24, 2.45) is 0 Å². The first-order valence-electron chi connectivity index (χ1n) is 3.53. The summed E-state index contributed by atoms with van der Waals surface area (Å²) in [5.41, 5.74) is -2.28. The molecule has 0 heterocycles. The minimum atomic E-state index is -2.28. The maximum Gasteiger partial charge on any atom is 0.244 e. The van der Waals surface area contributed by atoms with Crippen molar-refractivity contribution < 1.29 is 28.5 Å². The standard InChI is InChI=1S/C6H15O2PS2.Zn/c1-5(2)7-9(10,11)8-6(3)4;/h5-6H,1-4H3,(H,10,11);. The van der Waals surface area contributed by atoms with E-state index in [4.69, 9.17) is 20.9 Å². The van der Waals surface area contributed by atoms with E-state index in [0.717, 1.165) is 0 Å². The van der Waals surface area contributed by atoms with Gasteiger partial charge in [-0.25, -0.2) is 0 Å². The molecule has 70 valence electrons. The van der Waals surface area contributed by atoms with Crippen LogP contribution in [0.5, 0.6) is 0 Å². The van der Waals surface area contributed by atoms with E-state index in [2.05, 4.69) is 12.2 Å². The average Bonchev–Trinajstić information content (AvgIpc) is 1.53. The van der Waals surface area contributed by atoms with Crippen molar-refractivity contribution in [3.8, 4) is 0 Å². The van der Waals surface area contributed by atoms with E-state index in [1.807, 2.05) is 27.7 Å². The molecular formula is C6H15O2PS2Zn. The molecule has 0 aromatic rings. The molecule has 0 aliphatic rings. The van der Waals surface area contributed by atoms with Crippen molar-refractivity contribution in [3.05, 3.63) is 0 Å². The van der Waals surface area contributed by atoms with Crippen LogP contribution < -0.4 is 0 Å². The predicted molar refractivity (Wildman–Crippen MR) is 55.7 cm³/mol. The topological polar surface area (TPSA) is 18.5 Å². The Morgan fingerprint density at radius 3 is 1.50 bits per heavy atom. The summed E-state index contributed by atoms with van der Waals surface area (Å²) in [4.78, 5) is 0. The Morgan fingerprint density at radius 1 is 1.08 bits per heavy atom. The van der Waals surface area contributed by atoms with Gasteiger partial charge in [0.15, 0.2) is 0 Å². The summed E-state index contributed by atoms with van der Waals surface area (Å²) in [6, 6.07) is 0. The monoisotopic (exact) mass is 278 g/mol. The van der Waals surface area contributed by atoms with Crippen molar-refractivity contribution in [3.63, 3.8) is 0 Å². The molecule has 0 atom stereocenters. The Balaban J connectivity index is 0. The SMILES string of the molecule is CC(C)OP(=S)(S)OC(C)C.[Zn]. The molecule has 0 unspecified atom stereocenters. The van der Waals surface area contributed by atoms with Gasteiger partial charge in [0.1, 0.15) is 0 Å². The van der Waals surface area contributed by atoms with E-state index >= 15 is 0 Å². The van der Waals surface area contributed by atoms with Crippen LogP contribution in [-0.4, -0.2) is 12.2 Å². The zero-order valence-electron chi connectivity index (χ0n) is 7.98. The third-order valence-electron chi connectivity index (χ3n) is 0.688. The second kappa shape index (κ2) is 6.92. The molecule has 0 radical (unpaired) electrons. The molecule has 0 saturated carbocycles. The summed E-state index contributed by atoms with van der Waals surface area (Å²) in [6.45, 7) is 7.67. The van der Waals surface area contributed by atoms with Crippen molar-refractivity contribution in [1.29, 1.82) is 0 Å². The Hall–Kier alpha value is 1.54. The third-order valence-corrected chi connectivity index (χ3v) is 3.15. The summed E-state index contributed by atoms with van der Waals surface area (Å²) >= 11 is 9.17. The first kappa shape index (κ1) is 16.0. The first-order valence-corrected chi connectivity index (χ1v) is 7.32. The summed E-state index contributed by atoms with van der Waals surface area (Å²) in [7, 11) is 0. The molecule has 0 fully saturated rings. The molecule has 0 aromatic heterocycles. The molecule has 0 N–H and O–H groups in total. The predicted octanol–water partition coefficient (Wildman–Crippen LogP) is 2.99. The Labute approximate surface area is 97.9 Å². The van der Waals surface area contributed by atoms with Crippen LogP contribution in [0.15, 0.2) is 0 Å². The third kappa shape index (κ3) is 9.63. The molecule has 0 spiro atoms. The minimum absolute atomic E-state index is 0.